The molecule has 8 heteroatoms. The van der Waals surface area contributed by atoms with Crippen LogP contribution in [0.5, 0.6) is 0 Å². The largest absolute Gasteiger partial charge is 0.353 e. The number of halogens is 2. The van der Waals surface area contributed by atoms with E-state index < -0.39 is 6.03 Å². The second-order valence-electron chi connectivity index (χ2n) is 7.53. The third kappa shape index (κ3) is 6.41. The quantitative estimate of drug-likeness (QED) is 0.553. The Hall–Kier alpha value is -2.18. The molecule has 0 aliphatic rings. The van der Waals surface area contributed by atoms with Gasteiger partial charge in [-0.2, -0.15) is 0 Å². The van der Waals surface area contributed by atoms with Crippen LogP contribution in [0.4, 0.5) is 10.5 Å². The number of hydrogen-bond donors (Lipinski definition) is 1. The van der Waals surface area contributed by atoms with Gasteiger partial charge in [0, 0.05) is 31.5 Å². The molecule has 0 saturated carbocycles. The molecular formula is C22H30Cl2N4O2. The van der Waals surface area contributed by atoms with Crippen LogP contribution in [0, 0.1) is 0 Å². The summed E-state index contributed by atoms with van der Waals surface area (Å²) in [6.07, 6.45) is 3.85. The Morgan fingerprint density at radius 2 is 1.90 bits per heavy atom. The maximum atomic E-state index is 13.1. The van der Waals surface area contributed by atoms with Gasteiger partial charge in [-0.3, -0.25) is 4.79 Å². The highest BCUT2D eigenvalue weighted by molar-refractivity contribution is 6.43. The minimum absolute atomic E-state index is 0.0180. The summed E-state index contributed by atoms with van der Waals surface area (Å²) in [7, 11) is 1.96. The molecule has 0 bridgehead atoms. The van der Waals surface area contributed by atoms with Crippen LogP contribution in [-0.2, 0) is 18.4 Å². The predicted molar refractivity (Wildman–Crippen MR) is 123 cm³/mol. The van der Waals surface area contributed by atoms with E-state index >= 15 is 0 Å². The van der Waals surface area contributed by atoms with Crippen LogP contribution < -0.4 is 5.32 Å². The lowest BCUT2D eigenvalue weighted by Crippen LogP contribution is -2.47. The number of unbranched alkanes of at least 4 members (excludes halogenated alkanes) is 1. The third-order valence-corrected chi connectivity index (χ3v) is 5.74. The minimum atomic E-state index is -0.392. The second kappa shape index (κ2) is 11.3. The Bertz CT molecular complexity index is 867. The van der Waals surface area contributed by atoms with E-state index in [1.54, 1.807) is 18.2 Å². The number of nitrogens with zero attached hydrogens (tertiary/aromatic N) is 3. The molecule has 2 rings (SSSR count). The van der Waals surface area contributed by atoms with Crippen molar-refractivity contribution in [1.82, 2.24) is 14.4 Å². The molecule has 164 valence electrons. The van der Waals surface area contributed by atoms with Crippen molar-refractivity contribution in [2.75, 3.05) is 18.4 Å². The molecule has 3 amide bonds. The average molecular weight is 453 g/mol. The fraction of sp³-hybridized carbons (Fsp3) is 0.455. The highest BCUT2D eigenvalue weighted by Crippen LogP contribution is 2.29. The summed E-state index contributed by atoms with van der Waals surface area (Å²) in [5.41, 5.74) is 1.46. The monoisotopic (exact) mass is 452 g/mol. The van der Waals surface area contributed by atoms with Crippen LogP contribution in [0.2, 0.25) is 10.0 Å². The van der Waals surface area contributed by atoms with Crippen molar-refractivity contribution < 1.29 is 9.59 Å². The summed E-state index contributed by atoms with van der Waals surface area (Å²) < 4.78 is 2.00. The van der Waals surface area contributed by atoms with Crippen molar-refractivity contribution in [3.63, 3.8) is 0 Å². The van der Waals surface area contributed by atoms with Gasteiger partial charge >= 0.3 is 6.03 Å². The van der Waals surface area contributed by atoms with E-state index in [2.05, 4.69) is 12.2 Å². The van der Waals surface area contributed by atoms with Crippen molar-refractivity contribution >= 4 is 40.8 Å². The topological polar surface area (TPSA) is 57.6 Å². The number of hydrogen-bond acceptors (Lipinski definition) is 2. The Balaban J connectivity index is 2.13. The smallest absolute Gasteiger partial charge is 0.322 e. The zero-order valence-electron chi connectivity index (χ0n) is 18.0. The summed E-state index contributed by atoms with van der Waals surface area (Å²) in [5, 5.41) is 3.40. The Morgan fingerprint density at radius 3 is 2.50 bits per heavy atom. The number of amides is 3. The molecule has 0 atom stereocenters. The van der Waals surface area contributed by atoms with E-state index in [4.69, 9.17) is 23.2 Å². The molecule has 2 aromatic rings. The molecule has 0 fully saturated rings. The lowest BCUT2D eigenvalue weighted by Gasteiger charge is -2.30. The van der Waals surface area contributed by atoms with Crippen molar-refractivity contribution in [1.29, 1.82) is 0 Å². The second-order valence-corrected chi connectivity index (χ2v) is 8.32. The molecule has 1 heterocycles. The lowest BCUT2D eigenvalue weighted by molar-refractivity contribution is -0.132. The van der Waals surface area contributed by atoms with E-state index in [9.17, 15) is 9.59 Å². The number of aryl methyl sites for hydroxylation is 1. The van der Waals surface area contributed by atoms with Gasteiger partial charge in [0.05, 0.1) is 22.3 Å². The zero-order valence-corrected chi connectivity index (χ0v) is 19.5. The molecule has 0 aliphatic heterocycles. The van der Waals surface area contributed by atoms with Crippen LogP contribution in [0.1, 0.15) is 39.3 Å². The number of carbonyl (C=O) groups is 2. The minimum Gasteiger partial charge on any atom is -0.353 e. The molecule has 0 aliphatic carbocycles. The van der Waals surface area contributed by atoms with Crippen LogP contribution in [0.25, 0.3) is 0 Å². The fourth-order valence-electron chi connectivity index (χ4n) is 3.02. The first-order chi connectivity index (χ1) is 14.2. The molecule has 6 nitrogen and oxygen atoms in total. The van der Waals surface area contributed by atoms with Gasteiger partial charge in [0.25, 0.3) is 0 Å². The number of anilines is 1. The summed E-state index contributed by atoms with van der Waals surface area (Å²) in [6.45, 7) is 6.98. The summed E-state index contributed by atoms with van der Waals surface area (Å²) in [4.78, 5) is 29.3. The predicted octanol–water partition coefficient (Wildman–Crippen LogP) is 5.40. The number of carbonyl (C=O) groups excluding carboxylic acids is 2. The molecule has 1 aromatic carbocycles. The van der Waals surface area contributed by atoms with E-state index in [1.807, 2.05) is 48.7 Å². The maximum absolute atomic E-state index is 13.1. The molecule has 1 aromatic heterocycles. The van der Waals surface area contributed by atoms with Crippen molar-refractivity contribution in [2.45, 2.75) is 46.2 Å². The Morgan fingerprint density at radius 1 is 1.17 bits per heavy atom. The first-order valence-corrected chi connectivity index (χ1v) is 10.9. The van der Waals surface area contributed by atoms with Crippen LogP contribution >= 0.6 is 23.2 Å². The van der Waals surface area contributed by atoms with Gasteiger partial charge in [0.1, 0.15) is 6.54 Å². The highest BCUT2D eigenvalue weighted by atomic mass is 35.5. The molecule has 0 spiro atoms. The average Bonchev–Trinajstić information content (AvgIpc) is 3.10. The van der Waals surface area contributed by atoms with E-state index in [0.717, 1.165) is 18.5 Å². The first-order valence-electron chi connectivity index (χ1n) is 10.1. The summed E-state index contributed by atoms with van der Waals surface area (Å²) >= 11 is 12.2. The van der Waals surface area contributed by atoms with E-state index in [-0.39, 0.29) is 23.5 Å². The molecule has 0 unspecified atom stereocenters. The van der Waals surface area contributed by atoms with Gasteiger partial charge in [-0.15, -0.1) is 0 Å². The van der Waals surface area contributed by atoms with Gasteiger partial charge in [-0.1, -0.05) is 42.6 Å². The zero-order chi connectivity index (χ0) is 22.3. The van der Waals surface area contributed by atoms with Crippen LogP contribution in [-0.4, -0.2) is 45.4 Å². The Kier molecular flexibility index (Phi) is 9.06. The summed E-state index contributed by atoms with van der Waals surface area (Å²) in [5.74, 6) is -0.0920. The van der Waals surface area contributed by atoms with Crippen molar-refractivity contribution in [3.8, 4) is 0 Å². The summed E-state index contributed by atoms with van der Waals surface area (Å²) in [6, 6.07) is 8.43. The molecule has 30 heavy (non-hydrogen) atoms. The first kappa shape index (κ1) is 24.1. The van der Waals surface area contributed by atoms with Crippen LogP contribution in [0.15, 0.2) is 36.5 Å². The SMILES string of the molecule is CCCCN(Cc1cccn1C)C(=O)CN(C(=O)Nc1cccc(Cl)c1Cl)C(C)C. The van der Waals surface area contributed by atoms with E-state index in [1.165, 1.54) is 4.90 Å². The number of rotatable bonds is 9. The van der Waals surface area contributed by atoms with Crippen molar-refractivity contribution in [2.24, 2.45) is 7.05 Å². The normalized spacial score (nSPS) is 10.9. The van der Waals surface area contributed by atoms with Crippen molar-refractivity contribution in [3.05, 3.63) is 52.3 Å². The standard InChI is InChI=1S/C22H30Cl2N4O2/c1-5-6-13-27(14-17-9-8-12-26(17)4)20(29)15-28(16(2)3)22(30)25-19-11-7-10-18(23)21(19)24/h7-12,16H,5-6,13-15H2,1-4H3,(H,25,30). The maximum Gasteiger partial charge on any atom is 0.322 e. The van der Waals surface area contributed by atoms with Gasteiger partial charge in [-0.25, -0.2) is 4.79 Å². The van der Waals surface area contributed by atoms with Gasteiger partial charge in [0.15, 0.2) is 0 Å². The highest BCUT2D eigenvalue weighted by Gasteiger charge is 2.24. The number of benzene rings is 1. The fourth-order valence-corrected chi connectivity index (χ4v) is 3.37. The van der Waals surface area contributed by atoms with Gasteiger partial charge in [-0.05, 0) is 44.5 Å². The lowest BCUT2D eigenvalue weighted by atomic mass is 10.2. The molecule has 0 radical (unpaired) electrons. The number of urea groups is 1. The number of aromatic nitrogens is 1. The van der Waals surface area contributed by atoms with Gasteiger partial charge in [0.2, 0.25) is 5.91 Å². The third-order valence-electron chi connectivity index (χ3n) is 4.92. The number of nitrogens with one attached hydrogen (secondary N) is 1. The molecular weight excluding hydrogens is 423 g/mol. The van der Waals surface area contributed by atoms with Gasteiger partial charge < -0.3 is 19.7 Å². The Labute approximate surface area is 188 Å². The molecule has 1 N–H and O–H groups in total. The molecule has 0 saturated heterocycles. The van der Waals surface area contributed by atoms with E-state index in [0.29, 0.717) is 23.8 Å². The van der Waals surface area contributed by atoms with Crippen LogP contribution in [0.3, 0.4) is 0 Å².